The maximum atomic E-state index is 12.4. The molecule has 1 aromatic carbocycles. The van der Waals surface area contributed by atoms with E-state index in [1.54, 1.807) is 4.90 Å². The van der Waals surface area contributed by atoms with Gasteiger partial charge in [0.15, 0.2) is 0 Å². The summed E-state index contributed by atoms with van der Waals surface area (Å²) < 4.78 is 11.5. The Morgan fingerprint density at radius 2 is 2.04 bits per heavy atom. The second-order valence-electron chi connectivity index (χ2n) is 7.62. The number of nitrogens with one attached hydrogen (secondary N) is 1. The Labute approximate surface area is 162 Å². The number of amides is 1. The Morgan fingerprint density at radius 3 is 2.81 bits per heavy atom. The third-order valence-corrected chi connectivity index (χ3v) is 4.86. The molecule has 0 fully saturated rings. The van der Waals surface area contributed by atoms with E-state index in [0.29, 0.717) is 29.7 Å². The van der Waals surface area contributed by atoms with Crippen LogP contribution in [0.5, 0.6) is 11.6 Å². The topological polar surface area (TPSA) is 76.6 Å². The van der Waals surface area contributed by atoms with Crippen LogP contribution < -0.4 is 10.1 Å². The Bertz CT molecular complexity index is 911. The van der Waals surface area contributed by atoms with Gasteiger partial charge in [-0.05, 0) is 44.9 Å². The van der Waals surface area contributed by atoms with Crippen LogP contribution in [0.15, 0.2) is 18.5 Å². The van der Waals surface area contributed by atoms with Crippen molar-refractivity contribution in [2.24, 2.45) is 0 Å². The molecule has 1 N–H and O–H groups in total. The molecule has 1 aromatic heterocycles. The first kappa shape index (κ1) is 17.9. The number of fused-ring (bicyclic) bond motifs is 2. The van der Waals surface area contributed by atoms with Crippen LogP contribution in [-0.4, -0.2) is 33.1 Å². The van der Waals surface area contributed by atoms with Crippen LogP contribution >= 0.6 is 11.6 Å². The van der Waals surface area contributed by atoms with E-state index in [9.17, 15) is 4.79 Å². The van der Waals surface area contributed by atoms with Crippen LogP contribution in [-0.2, 0) is 24.2 Å². The van der Waals surface area contributed by atoms with E-state index in [-0.39, 0.29) is 6.09 Å². The summed E-state index contributed by atoms with van der Waals surface area (Å²) in [5, 5.41) is 3.88. The van der Waals surface area contributed by atoms with Gasteiger partial charge in [-0.1, -0.05) is 11.6 Å². The SMILES string of the molecule is CC(C)(C)OC(=O)N1Cc2ncnc(Oc3ccc4c(c3Cl)CCN4)c2C1. The Kier molecular flexibility index (Phi) is 4.34. The molecule has 0 saturated carbocycles. The Hall–Kier alpha value is -2.54. The van der Waals surface area contributed by atoms with Crippen molar-refractivity contribution < 1.29 is 14.3 Å². The molecule has 27 heavy (non-hydrogen) atoms. The van der Waals surface area contributed by atoms with Crippen LogP contribution in [0, 0.1) is 0 Å². The van der Waals surface area contributed by atoms with Gasteiger partial charge in [0.2, 0.25) is 5.88 Å². The fraction of sp³-hybridized carbons (Fsp3) is 0.421. The molecular formula is C19H21ClN4O3. The maximum absolute atomic E-state index is 12.4. The van der Waals surface area contributed by atoms with Crippen molar-refractivity contribution in [3.8, 4) is 11.6 Å². The zero-order valence-electron chi connectivity index (χ0n) is 15.5. The highest BCUT2D eigenvalue weighted by molar-refractivity contribution is 6.33. The lowest BCUT2D eigenvalue weighted by molar-refractivity contribution is 0.0240. The van der Waals surface area contributed by atoms with Crippen LogP contribution in [0.3, 0.4) is 0 Å². The molecule has 0 radical (unpaired) electrons. The quantitative estimate of drug-likeness (QED) is 0.833. The van der Waals surface area contributed by atoms with Gasteiger partial charge in [-0.2, -0.15) is 0 Å². The van der Waals surface area contributed by atoms with Gasteiger partial charge in [-0.15, -0.1) is 0 Å². The van der Waals surface area contributed by atoms with Crippen LogP contribution in [0.4, 0.5) is 10.5 Å². The van der Waals surface area contributed by atoms with E-state index in [1.807, 2.05) is 32.9 Å². The van der Waals surface area contributed by atoms with Gasteiger partial charge in [0.25, 0.3) is 0 Å². The predicted octanol–water partition coefficient (Wildman–Crippen LogP) is 4.14. The molecule has 1 amide bonds. The second kappa shape index (κ2) is 6.56. The highest BCUT2D eigenvalue weighted by Gasteiger charge is 2.31. The zero-order chi connectivity index (χ0) is 19.2. The summed E-state index contributed by atoms with van der Waals surface area (Å²) in [4.78, 5) is 22.5. The molecule has 2 aromatic rings. The lowest BCUT2D eigenvalue weighted by atomic mass is 10.1. The molecule has 3 heterocycles. The minimum Gasteiger partial charge on any atom is -0.444 e. The summed E-state index contributed by atoms with van der Waals surface area (Å²) in [7, 11) is 0. The lowest BCUT2D eigenvalue weighted by Crippen LogP contribution is -2.33. The molecular weight excluding hydrogens is 368 g/mol. The summed E-state index contributed by atoms with van der Waals surface area (Å²) >= 11 is 6.51. The van der Waals surface area contributed by atoms with Crippen molar-refractivity contribution in [1.29, 1.82) is 0 Å². The second-order valence-corrected chi connectivity index (χ2v) is 8.00. The first-order chi connectivity index (χ1) is 12.8. The molecule has 0 bridgehead atoms. The van der Waals surface area contributed by atoms with Gasteiger partial charge in [-0.25, -0.2) is 14.8 Å². The minimum atomic E-state index is -0.553. The van der Waals surface area contributed by atoms with Crippen molar-refractivity contribution in [2.75, 3.05) is 11.9 Å². The molecule has 0 saturated heterocycles. The molecule has 8 heteroatoms. The van der Waals surface area contributed by atoms with E-state index in [2.05, 4.69) is 15.3 Å². The third-order valence-electron chi connectivity index (χ3n) is 4.44. The molecule has 4 rings (SSSR count). The molecule has 0 unspecified atom stereocenters. The molecule has 0 spiro atoms. The number of anilines is 1. The van der Waals surface area contributed by atoms with E-state index >= 15 is 0 Å². The number of ether oxygens (including phenoxy) is 2. The Balaban J connectivity index is 1.57. The lowest BCUT2D eigenvalue weighted by Gasteiger charge is -2.23. The number of rotatable bonds is 2. The van der Waals surface area contributed by atoms with Crippen LogP contribution in [0.2, 0.25) is 5.02 Å². The number of nitrogens with zero attached hydrogens (tertiary/aromatic N) is 3. The number of carbonyl (C=O) groups is 1. The van der Waals surface area contributed by atoms with Gasteiger partial charge in [-0.3, -0.25) is 4.90 Å². The van der Waals surface area contributed by atoms with Gasteiger partial charge in [0.1, 0.15) is 17.7 Å². The van der Waals surface area contributed by atoms with Gasteiger partial charge in [0, 0.05) is 12.2 Å². The normalized spacial score (nSPS) is 15.2. The van der Waals surface area contributed by atoms with Gasteiger partial charge >= 0.3 is 6.09 Å². The number of benzene rings is 1. The summed E-state index contributed by atoms with van der Waals surface area (Å²) in [5.41, 5.74) is 3.07. The largest absolute Gasteiger partial charge is 0.444 e. The summed E-state index contributed by atoms with van der Waals surface area (Å²) in [6.07, 6.45) is 1.92. The van der Waals surface area contributed by atoms with Gasteiger partial charge in [0.05, 0.1) is 29.4 Å². The monoisotopic (exact) mass is 388 g/mol. The van der Waals surface area contributed by atoms with Crippen molar-refractivity contribution in [3.63, 3.8) is 0 Å². The molecule has 0 atom stereocenters. The van der Waals surface area contributed by atoms with Crippen molar-refractivity contribution in [2.45, 2.75) is 45.9 Å². The smallest absolute Gasteiger partial charge is 0.410 e. The fourth-order valence-corrected chi connectivity index (χ4v) is 3.51. The highest BCUT2D eigenvalue weighted by atomic mass is 35.5. The standard InChI is InChI=1S/C19H21ClN4O3/c1-19(2,3)27-18(25)24-8-12-14(9-24)22-10-23-17(12)26-15-5-4-13-11(16(15)20)6-7-21-13/h4-5,10,21H,6-9H2,1-3H3. The predicted molar refractivity (Wildman–Crippen MR) is 101 cm³/mol. The molecule has 142 valence electrons. The number of aromatic nitrogens is 2. The summed E-state index contributed by atoms with van der Waals surface area (Å²) in [5.74, 6) is 0.967. The molecule has 7 nitrogen and oxygen atoms in total. The molecule has 0 aliphatic carbocycles. The van der Waals surface area contributed by atoms with E-state index in [1.165, 1.54) is 6.33 Å². The zero-order valence-corrected chi connectivity index (χ0v) is 16.3. The number of carbonyl (C=O) groups excluding carboxylic acids is 1. The Morgan fingerprint density at radius 1 is 1.22 bits per heavy atom. The van der Waals surface area contributed by atoms with E-state index in [0.717, 1.165) is 35.5 Å². The van der Waals surface area contributed by atoms with Crippen molar-refractivity contribution >= 4 is 23.4 Å². The number of hydrogen-bond acceptors (Lipinski definition) is 6. The maximum Gasteiger partial charge on any atom is 0.410 e. The third kappa shape index (κ3) is 3.51. The van der Waals surface area contributed by atoms with Crippen molar-refractivity contribution in [3.05, 3.63) is 40.3 Å². The van der Waals surface area contributed by atoms with Crippen LogP contribution in [0.1, 0.15) is 37.6 Å². The van der Waals surface area contributed by atoms with Gasteiger partial charge < -0.3 is 14.8 Å². The van der Waals surface area contributed by atoms with Crippen molar-refractivity contribution in [1.82, 2.24) is 14.9 Å². The molecule has 2 aliphatic rings. The number of halogens is 1. The highest BCUT2D eigenvalue weighted by Crippen LogP contribution is 2.40. The first-order valence-electron chi connectivity index (χ1n) is 8.85. The molecule has 2 aliphatic heterocycles. The number of hydrogen-bond donors (Lipinski definition) is 1. The average molecular weight is 389 g/mol. The average Bonchev–Trinajstić information content (AvgIpc) is 3.23. The van der Waals surface area contributed by atoms with Crippen LogP contribution in [0.25, 0.3) is 0 Å². The summed E-state index contributed by atoms with van der Waals surface area (Å²) in [6.45, 7) is 7.09. The summed E-state index contributed by atoms with van der Waals surface area (Å²) in [6, 6.07) is 3.78. The van der Waals surface area contributed by atoms with E-state index in [4.69, 9.17) is 21.1 Å². The van der Waals surface area contributed by atoms with E-state index < -0.39 is 5.60 Å². The minimum absolute atomic E-state index is 0.338. The fourth-order valence-electron chi connectivity index (χ4n) is 3.21. The first-order valence-corrected chi connectivity index (χ1v) is 9.23.